The minimum absolute atomic E-state index is 1.02. The van der Waals surface area contributed by atoms with Crippen molar-refractivity contribution in [1.29, 1.82) is 0 Å². The molecule has 0 bridgehead atoms. The summed E-state index contributed by atoms with van der Waals surface area (Å²) in [4.78, 5) is 0. The lowest BCUT2D eigenvalue weighted by Gasteiger charge is -2.04. The van der Waals surface area contributed by atoms with E-state index in [1.165, 1.54) is 17.7 Å². The van der Waals surface area contributed by atoms with Crippen LogP contribution in [0.4, 0.5) is 0 Å². The number of rotatable bonds is 3. The number of likely N-dealkylation sites (N-methyl/N-ethyl adjacent to an activating group) is 1. The molecule has 1 rings (SSSR count). The summed E-state index contributed by atoms with van der Waals surface area (Å²) >= 11 is 0. The number of hydrogen-bond donors (Lipinski definition) is 2. The van der Waals surface area contributed by atoms with Gasteiger partial charge in [0.25, 0.3) is 0 Å². The van der Waals surface area contributed by atoms with Crippen LogP contribution in [0.3, 0.4) is 0 Å². The second kappa shape index (κ2) is 7.17. The smallest absolute Gasteiger partial charge is 0.0353 e. The molecule has 0 aromatic carbocycles. The molecule has 0 amide bonds. The van der Waals surface area contributed by atoms with Gasteiger partial charge < -0.3 is 10.6 Å². The van der Waals surface area contributed by atoms with Gasteiger partial charge in [-0.2, -0.15) is 0 Å². The Morgan fingerprint density at radius 1 is 1.42 bits per heavy atom. The Kier molecular flexibility index (Phi) is 6.87. The predicted octanol–water partition coefficient (Wildman–Crippen LogP) is 1.89. The van der Waals surface area contributed by atoms with E-state index in [9.17, 15) is 0 Å². The first-order valence-electron chi connectivity index (χ1n) is 4.97. The fraction of sp³-hybridized carbons (Fsp3) is 0.800. The quantitative estimate of drug-likeness (QED) is 0.676. The minimum Gasteiger partial charge on any atom is -0.387 e. The maximum Gasteiger partial charge on any atom is 0.0353 e. The molecule has 72 valence electrons. The van der Waals surface area contributed by atoms with E-state index < -0.39 is 0 Å². The van der Waals surface area contributed by atoms with Gasteiger partial charge in [-0.3, -0.25) is 0 Å². The summed E-state index contributed by atoms with van der Waals surface area (Å²) < 4.78 is 0. The molecule has 0 aromatic heterocycles. The van der Waals surface area contributed by atoms with Crippen molar-refractivity contribution in [2.24, 2.45) is 0 Å². The van der Waals surface area contributed by atoms with Crippen molar-refractivity contribution in [1.82, 2.24) is 10.6 Å². The average molecular weight is 170 g/mol. The third kappa shape index (κ3) is 3.77. The van der Waals surface area contributed by atoms with Crippen molar-refractivity contribution in [3.05, 3.63) is 11.3 Å². The molecule has 2 N–H and O–H groups in total. The van der Waals surface area contributed by atoms with Gasteiger partial charge in [-0.1, -0.05) is 26.3 Å². The summed E-state index contributed by atoms with van der Waals surface area (Å²) in [6.45, 7) is 11.5. The van der Waals surface area contributed by atoms with Gasteiger partial charge in [0.05, 0.1) is 0 Å². The van der Waals surface area contributed by atoms with Crippen LogP contribution < -0.4 is 10.6 Å². The lowest BCUT2D eigenvalue weighted by molar-refractivity contribution is 0.732. The van der Waals surface area contributed by atoms with Crippen LogP contribution in [0.2, 0.25) is 0 Å². The highest BCUT2D eigenvalue weighted by molar-refractivity contribution is 5.17. The van der Waals surface area contributed by atoms with E-state index in [4.69, 9.17) is 0 Å². The molecular weight excluding hydrogens is 148 g/mol. The van der Waals surface area contributed by atoms with Crippen molar-refractivity contribution >= 4 is 0 Å². The van der Waals surface area contributed by atoms with Crippen molar-refractivity contribution in [2.45, 2.75) is 34.1 Å². The first-order valence-corrected chi connectivity index (χ1v) is 4.97. The van der Waals surface area contributed by atoms with Crippen molar-refractivity contribution < 1.29 is 0 Å². The average Bonchev–Trinajstić information content (AvgIpc) is 2.51. The lowest BCUT2D eigenvalue weighted by Crippen LogP contribution is -2.22. The predicted molar refractivity (Wildman–Crippen MR) is 55.2 cm³/mol. The Balaban J connectivity index is 0.000000561. The molecule has 0 saturated carbocycles. The Morgan fingerprint density at radius 3 is 2.50 bits per heavy atom. The largest absolute Gasteiger partial charge is 0.387 e. The van der Waals surface area contributed by atoms with Crippen molar-refractivity contribution in [3.8, 4) is 0 Å². The van der Waals surface area contributed by atoms with Crippen LogP contribution in [0.25, 0.3) is 0 Å². The molecule has 1 aliphatic rings. The zero-order valence-electron chi connectivity index (χ0n) is 8.83. The first-order chi connectivity index (χ1) is 5.84. The van der Waals surface area contributed by atoms with Crippen LogP contribution >= 0.6 is 0 Å². The summed E-state index contributed by atoms with van der Waals surface area (Å²) in [5, 5.41) is 6.66. The highest BCUT2D eigenvalue weighted by atomic mass is 15.0. The monoisotopic (exact) mass is 170 g/mol. The van der Waals surface area contributed by atoms with Crippen LogP contribution in [0.1, 0.15) is 34.1 Å². The summed E-state index contributed by atoms with van der Waals surface area (Å²) in [5.41, 5.74) is 2.92. The molecule has 0 unspecified atom stereocenters. The lowest BCUT2D eigenvalue weighted by atomic mass is 10.2. The van der Waals surface area contributed by atoms with E-state index >= 15 is 0 Å². The maximum absolute atomic E-state index is 3.36. The first kappa shape index (κ1) is 11.5. The van der Waals surface area contributed by atoms with E-state index in [2.05, 4.69) is 24.5 Å². The van der Waals surface area contributed by atoms with Crippen LogP contribution in [0.15, 0.2) is 11.3 Å². The Bertz CT molecular complexity index is 139. The highest BCUT2D eigenvalue weighted by Crippen LogP contribution is 2.10. The minimum atomic E-state index is 1.02. The normalized spacial score (nSPS) is 15.3. The number of nitrogens with one attached hydrogen (secondary N) is 2. The molecule has 0 saturated heterocycles. The molecule has 12 heavy (non-hydrogen) atoms. The van der Waals surface area contributed by atoms with Gasteiger partial charge in [0.2, 0.25) is 0 Å². The van der Waals surface area contributed by atoms with Gasteiger partial charge in [0.15, 0.2) is 0 Å². The van der Waals surface area contributed by atoms with E-state index in [1.54, 1.807) is 0 Å². The van der Waals surface area contributed by atoms with Gasteiger partial charge >= 0.3 is 0 Å². The van der Waals surface area contributed by atoms with E-state index in [0.29, 0.717) is 0 Å². The highest BCUT2D eigenvalue weighted by Gasteiger charge is 2.07. The van der Waals surface area contributed by atoms with Gasteiger partial charge in [-0.05, 0) is 19.9 Å². The topological polar surface area (TPSA) is 24.1 Å². The zero-order valence-corrected chi connectivity index (χ0v) is 8.83. The Morgan fingerprint density at radius 2 is 2.08 bits per heavy atom. The zero-order chi connectivity index (χ0) is 9.40. The Hall–Kier alpha value is -0.500. The standard InChI is InChI=1S/C8H16N2.C2H6/c1-3-9-6-8-7(2)4-5-10-8;1-2/h9-10H,3-6H2,1-2H3;1-2H3. The van der Waals surface area contributed by atoms with E-state index in [1.807, 2.05) is 13.8 Å². The molecule has 2 nitrogen and oxygen atoms in total. The fourth-order valence-electron chi connectivity index (χ4n) is 1.17. The van der Waals surface area contributed by atoms with Gasteiger partial charge in [0, 0.05) is 18.8 Å². The maximum atomic E-state index is 3.36. The molecular formula is C10H22N2. The molecule has 1 heterocycles. The molecule has 2 heteroatoms. The van der Waals surface area contributed by atoms with E-state index in [0.717, 1.165) is 19.6 Å². The summed E-state index contributed by atoms with van der Waals surface area (Å²) in [7, 11) is 0. The van der Waals surface area contributed by atoms with Gasteiger partial charge in [0.1, 0.15) is 0 Å². The fourth-order valence-corrected chi connectivity index (χ4v) is 1.17. The third-order valence-corrected chi connectivity index (χ3v) is 1.91. The summed E-state index contributed by atoms with van der Waals surface area (Å²) in [5.74, 6) is 0. The number of hydrogen-bond acceptors (Lipinski definition) is 2. The third-order valence-electron chi connectivity index (χ3n) is 1.91. The van der Waals surface area contributed by atoms with E-state index in [-0.39, 0.29) is 0 Å². The molecule has 0 fully saturated rings. The molecule has 0 aliphatic carbocycles. The molecule has 0 aromatic rings. The van der Waals surface area contributed by atoms with Crippen molar-refractivity contribution in [2.75, 3.05) is 19.6 Å². The summed E-state index contributed by atoms with van der Waals surface area (Å²) in [6.07, 6.45) is 1.22. The molecule has 1 aliphatic heterocycles. The molecule has 0 spiro atoms. The van der Waals surface area contributed by atoms with Crippen molar-refractivity contribution in [3.63, 3.8) is 0 Å². The molecule has 0 atom stereocenters. The van der Waals surface area contributed by atoms with Crippen LogP contribution in [0, 0.1) is 0 Å². The molecule has 0 radical (unpaired) electrons. The van der Waals surface area contributed by atoms with Crippen LogP contribution in [-0.2, 0) is 0 Å². The van der Waals surface area contributed by atoms with Crippen LogP contribution in [-0.4, -0.2) is 19.6 Å². The SMILES string of the molecule is CC.CCNCC1=C(C)CCN1. The van der Waals surface area contributed by atoms with Gasteiger partial charge in [-0.25, -0.2) is 0 Å². The van der Waals surface area contributed by atoms with Gasteiger partial charge in [-0.15, -0.1) is 0 Å². The second-order valence-electron chi connectivity index (χ2n) is 2.72. The second-order valence-corrected chi connectivity index (χ2v) is 2.72. The van der Waals surface area contributed by atoms with Crippen LogP contribution in [0.5, 0.6) is 0 Å². The Labute approximate surface area is 76.4 Å². The summed E-state index contributed by atoms with van der Waals surface area (Å²) in [6, 6.07) is 0.